The standard InChI is InChI=1S/C23H16F3N5O7/c24-23(25,26)14-5-15-16(30-19(21(35)36)17(8-32)29-15)6-18(14)31-7-13(27-10-31)9-38-22(37)28-12-3-1-2-11(4-12)20(33)34/h1-8,10,17,29H,9H2,(H,28,37)(H,33,34)(H,35,36). The molecule has 15 heteroatoms. The van der Waals surface area contributed by atoms with Gasteiger partial charge in [0.1, 0.15) is 18.9 Å². The number of halogens is 3. The minimum Gasteiger partial charge on any atom is -0.478 e. The summed E-state index contributed by atoms with van der Waals surface area (Å²) in [5.41, 5.74) is -2.32. The number of hydrogen-bond donors (Lipinski definition) is 4. The van der Waals surface area contributed by atoms with Crippen LogP contribution in [0.3, 0.4) is 0 Å². The number of aliphatic imine (C=N–C) groups is 1. The van der Waals surface area contributed by atoms with Crippen LogP contribution in [0, 0.1) is 0 Å². The molecule has 1 aliphatic rings. The first-order valence-electron chi connectivity index (χ1n) is 10.6. The first-order valence-corrected chi connectivity index (χ1v) is 10.6. The van der Waals surface area contributed by atoms with E-state index in [1.54, 1.807) is 0 Å². The van der Waals surface area contributed by atoms with Crippen LogP contribution < -0.4 is 10.6 Å². The molecule has 1 atom stereocenters. The molecule has 1 amide bonds. The molecule has 0 radical (unpaired) electrons. The van der Waals surface area contributed by atoms with Crippen molar-refractivity contribution in [3.05, 3.63) is 65.7 Å². The predicted octanol–water partition coefficient (Wildman–Crippen LogP) is 3.49. The molecular formula is C23H16F3N5O7. The van der Waals surface area contributed by atoms with E-state index in [1.807, 2.05) is 0 Å². The molecule has 1 aliphatic heterocycles. The summed E-state index contributed by atoms with van der Waals surface area (Å²) in [4.78, 5) is 53.5. The lowest BCUT2D eigenvalue weighted by atomic mass is 10.0. The Bertz CT molecular complexity index is 1480. The number of nitrogens with zero attached hydrogens (tertiary/aromatic N) is 3. The van der Waals surface area contributed by atoms with Crippen molar-refractivity contribution < 1.29 is 47.3 Å². The number of fused-ring (bicyclic) bond motifs is 1. The minimum atomic E-state index is -4.84. The molecule has 2 aromatic carbocycles. The largest absolute Gasteiger partial charge is 0.478 e. The molecule has 38 heavy (non-hydrogen) atoms. The van der Waals surface area contributed by atoms with Crippen LogP contribution in [0.1, 0.15) is 21.6 Å². The summed E-state index contributed by atoms with van der Waals surface area (Å²) >= 11 is 0. The van der Waals surface area contributed by atoms with Crippen molar-refractivity contribution in [1.29, 1.82) is 0 Å². The number of benzene rings is 2. The third-order valence-corrected chi connectivity index (χ3v) is 5.24. The maximum atomic E-state index is 13.9. The van der Waals surface area contributed by atoms with Gasteiger partial charge in [0.15, 0.2) is 5.71 Å². The molecule has 0 saturated heterocycles. The van der Waals surface area contributed by atoms with Gasteiger partial charge in [0.05, 0.1) is 40.2 Å². The average molecular weight is 531 g/mol. The van der Waals surface area contributed by atoms with E-state index in [9.17, 15) is 37.5 Å². The lowest BCUT2D eigenvalue weighted by Gasteiger charge is -2.24. The molecule has 1 unspecified atom stereocenters. The summed E-state index contributed by atoms with van der Waals surface area (Å²) in [5.74, 6) is -2.71. The zero-order valence-corrected chi connectivity index (χ0v) is 18.9. The number of aromatic nitrogens is 2. The first-order chi connectivity index (χ1) is 18.0. The number of alkyl halides is 3. The monoisotopic (exact) mass is 531 g/mol. The van der Waals surface area contributed by atoms with Crippen LogP contribution in [0.15, 0.2) is 53.9 Å². The van der Waals surface area contributed by atoms with Gasteiger partial charge in [-0.25, -0.2) is 24.4 Å². The number of carbonyl (C=O) groups excluding carboxylic acids is 2. The number of hydrogen-bond acceptors (Lipinski definition) is 8. The maximum Gasteiger partial charge on any atom is 0.418 e. The number of imidazole rings is 1. The molecular weight excluding hydrogens is 515 g/mol. The zero-order valence-electron chi connectivity index (χ0n) is 18.9. The summed E-state index contributed by atoms with van der Waals surface area (Å²) < 4.78 is 47.6. The molecule has 0 saturated carbocycles. The van der Waals surface area contributed by atoms with Crippen LogP contribution in [-0.2, 0) is 27.1 Å². The topological polar surface area (TPSA) is 172 Å². The molecule has 4 N–H and O–H groups in total. The van der Waals surface area contributed by atoms with Crippen molar-refractivity contribution in [2.75, 3.05) is 10.6 Å². The third-order valence-electron chi connectivity index (χ3n) is 5.24. The van der Waals surface area contributed by atoms with Crippen molar-refractivity contribution in [2.45, 2.75) is 18.8 Å². The van der Waals surface area contributed by atoms with Gasteiger partial charge in [-0.2, -0.15) is 13.2 Å². The van der Waals surface area contributed by atoms with Crippen molar-refractivity contribution in [3.8, 4) is 5.69 Å². The van der Waals surface area contributed by atoms with Gasteiger partial charge in [0.25, 0.3) is 0 Å². The van der Waals surface area contributed by atoms with E-state index >= 15 is 0 Å². The number of carbonyl (C=O) groups is 4. The number of aliphatic carboxylic acids is 1. The van der Waals surface area contributed by atoms with Crippen LogP contribution in [0.4, 0.5) is 35.0 Å². The number of rotatable bonds is 7. The number of carboxylic acid groups (broad SMARTS) is 2. The van der Waals surface area contributed by atoms with Gasteiger partial charge >= 0.3 is 24.2 Å². The number of nitrogens with one attached hydrogen (secondary N) is 2. The summed E-state index contributed by atoms with van der Waals surface area (Å²) in [6.45, 7) is -0.437. The fourth-order valence-electron chi connectivity index (χ4n) is 3.53. The van der Waals surface area contributed by atoms with Gasteiger partial charge in [-0.1, -0.05) is 6.07 Å². The predicted molar refractivity (Wildman–Crippen MR) is 124 cm³/mol. The highest BCUT2D eigenvalue weighted by Crippen LogP contribution is 2.41. The first kappa shape index (κ1) is 25.9. The van der Waals surface area contributed by atoms with Gasteiger partial charge in [0.2, 0.25) is 0 Å². The summed E-state index contributed by atoms with van der Waals surface area (Å²) in [6.07, 6.45) is -3.38. The fourth-order valence-corrected chi connectivity index (χ4v) is 3.53. The van der Waals surface area contributed by atoms with Crippen molar-refractivity contribution in [1.82, 2.24) is 9.55 Å². The van der Waals surface area contributed by atoms with E-state index in [4.69, 9.17) is 9.84 Å². The minimum absolute atomic E-state index is 0.0660. The number of aldehydes is 1. The highest BCUT2D eigenvalue weighted by Gasteiger charge is 2.37. The fraction of sp³-hybridized carbons (Fsp3) is 0.130. The molecule has 0 spiro atoms. The van der Waals surface area contributed by atoms with E-state index in [0.29, 0.717) is 6.07 Å². The number of ether oxygens (including phenoxy) is 1. The maximum absolute atomic E-state index is 13.9. The molecule has 12 nitrogen and oxygen atoms in total. The van der Waals surface area contributed by atoms with Gasteiger partial charge in [0, 0.05) is 11.9 Å². The highest BCUT2D eigenvalue weighted by molar-refractivity contribution is 6.42. The zero-order chi connectivity index (χ0) is 27.6. The molecule has 0 bridgehead atoms. The number of aromatic carboxylic acids is 1. The van der Waals surface area contributed by atoms with E-state index in [0.717, 1.165) is 17.0 Å². The van der Waals surface area contributed by atoms with Crippen LogP contribution in [0.2, 0.25) is 0 Å². The van der Waals surface area contributed by atoms with Gasteiger partial charge in [-0.15, -0.1) is 0 Å². The van der Waals surface area contributed by atoms with Gasteiger partial charge < -0.3 is 29.6 Å². The van der Waals surface area contributed by atoms with Crippen molar-refractivity contribution in [2.24, 2.45) is 4.99 Å². The van der Waals surface area contributed by atoms with Crippen LogP contribution in [-0.4, -0.2) is 55.8 Å². The van der Waals surface area contributed by atoms with Crippen LogP contribution >= 0.6 is 0 Å². The number of anilines is 2. The second kappa shape index (κ2) is 10.0. The lowest BCUT2D eigenvalue weighted by Crippen LogP contribution is -2.38. The molecule has 196 valence electrons. The summed E-state index contributed by atoms with van der Waals surface area (Å²) in [5, 5.41) is 23.1. The van der Waals surface area contributed by atoms with Crippen molar-refractivity contribution >= 4 is 47.1 Å². The smallest absolute Gasteiger partial charge is 0.418 e. The Morgan fingerprint density at radius 3 is 2.58 bits per heavy atom. The Balaban J connectivity index is 1.56. The Labute approximate surface area is 210 Å². The average Bonchev–Trinajstić information content (AvgIpc) is 3.34. The molecule has 2 heterocycles. The number of amides is 1. The van der Waals surface area contributed by atoms with Crippen LogP contribution in [0.5, 0.6) is 0 Å². The molecule has 0 aliphatic carbocycles. The normalized spacial score (nSPS) is 14.5. The molecule has 0 fully saturated rings. The highest BCUT2D eigenvalue weighted by atomic mass is 19.4. The Hall–Kier alpha value is -5.21. The second-order valence-electron chi connectivity index (χ2n) is 7.80. The Morgan fingerprint density at radius 2 is 1.92 bits per heavy atom. The third kappa shape index (κ3) is 5.45. The van der Waals surface area contributed by atoms with E-state index in [2.05, 4.69) is 20.6 Å². The van der Waals surface area contributed by atoms with Crippen LogP contribution in [0.25, 0.3) is 5.69 Å². The quantitative estimate of drug-likeness (QED) is 0.333. The number of carboxylic acids is 2. The summed E-state index contributed by atoms with van der Waals surface area (Å²) in [7, 11) is 0. The van der Waals surface area contributed by atoms with E-state index in [-0.39, 0.29) is 34.6 Å². The van der Waals surface area contributed by atoms with Crippen molar-refractivity contribution in [3.63, 3.8) is 0 Å². The Morgan fingerprint density at radius 1 is 1.16 bits per heavy atom. The van der Waals surface area contributed by atoms with Gasteiger partial charge in [-0.05, 0) is 30.3 Å². The molecule has 1 aromatic heterocycles. The Kier molecular flexibility index (Phi) is 6.83. The van der Waals surface area contributed by atoms with Gasteiger partial charge in [-0.3, -0.25) is 5.32 Å². The second-order valence-corrected chi connectivity index (χ2v) is 7.80. The van der Waals surface area contributed by atoms with E-state index < -0.39 is 53.8 Å². The summed E-state index contributed by atoms with van der Waals surface area (Å²) in [6, 6.07) is 5.64. The molecule has 3 aromatic rings. The lowest BCUT2D eigenvalue weighted by molar-refractivity contribution is -0.137. The van der Waals surface area contributed by atoms with E-state index in [1.165, 1.54) is 30.5 Å². The SMILES string of the molecule is O=CC1Nc2cc(C(F)(F)F)c(-n3cnc(COC(=O)Nc4cccc(C(=O)O)c4)c3)cc2N=C1C(=O)O. The molecule has 4 rings (SSSR count).